The van der Waals surface area contributed by atoms with Crippen LogP contribution in [0.25, 0.3) is 6.08 Å². The van der Waals surface area contributed by atoms with Crippen molar-refractivity contribution in [2.45, 2.75) is 199 Å². The van der Waals surface area contributed by atoms with E-state index < -0.39 is 29.8 Å². The molecule has 146 heavy (non-hydrogen) atoms. The Labute approximate surface area is 851 Å². The molecular weight excluding hydrogens is 1880 g/mol. The molecule has 10 aromatic carbocycles. The van der Waals surface area contributed by atoms with E-state index in [4.69, 9.17) is 45.0 Å². The smallest absolute Gasteiger partial charge is 0.305 e. The number of para-hydroxylation sites is 4. The number of methoxy groups -OCH3 is 5. The summed E-state index contributed by atoms with van der Waals surface area (Å²) in [5.41, 5.74) is 17.4. The summed E-state index contributed by atoms with van der Waals surface area (Å²) >= 11 is 6.21. The van der Waals surface area contributed by atoms with Gasteiger partial charge >= 0.3 is 11.9 Å². The molecule has 8 aliphatic heterocycles. The van der Waals surface area contributed by atoms with Crippen LogP contribution in [0.15, 0.2) is 198 Å². The lowest BCUT2D eigenvalue weighted by Crippen LogP contribution is -2.39. The predicted molar refractivity (Wildman–Crippen MR) is 555 cm³/mol. The molecule has 10 aromatic rings. The van der Waals surface area contributed by atoms with Gasteiger partial charge in [-0.15, -0.1) is 11.6 Å². The molecule has 0 unspecified atom stereocenters. The van der Waals surface area contributed by atoms with Crippen molar-refractivity contribution in [2.75, 3.05) is 65.8 Å². The van der Waals surface area contributed by atoms with Crippen molar-refractivity contribution in [3.05, 3.63) is 272 Å². The van der Waals surface area contributed by atoms with Gasteiger partial charge in [0.1, 0.15) is 25.6 Å². The van der Waals surface area contributed by atoms with Crippen LogP contribution in [-0.2, 0) is 106 Å². The van der Waals surface area contributed by atoms with Crippen LogP contribution in [0.1, 0.15) is 201 Å². The maximum atomic E-state index is 14.1. The monoisotopic (exact) mass is 2000 g/mol. The third-order valence-corrected chi connectivity index (χ3v) is 27.7. The highest BCUT2D eigenvalue weighted by Gasteiger charge is 2.42. The molecule has 32 heteroatoms. The molecule has 8 aliphatic rings. The number of ketones is 2. The van der Waals surface area contributed by atoms with Crippen molar-refractivity contribution in [1.29, 1.82) is 0 Å². The van der Waals surface area contributed by atoms with E-state index >= 15 is 0 Å². The van der Waals surface area contributed by atoms with Crippen molar-refractivity contribution in [3.8, 4) is 40.2 Å². The molecule has 0 fully saturated rings. The predicted octanol–water partition coefficient (Wildman–Crippen LogP) is 17.8. The summed E-state index contributed by atoms with van der Waals surface area (Å²) < 4.78 is 45.0. The SMILES string of the molecule is COC(=O)CCCCC(=O)N[C@@H](C)C(=O)C[C@@H](C)C(=O)Nc1cc(CCl)cc(COc2cc3c(cc2OC)C(=O)N2c4ccccc4C[C@H]2CC3)c1.COC(=O)CCCCC(=O)N[C@@H](C)C(=O)C[C@@H](C)C(=O)Nc1cc(COc2cc3c(cc2C)C(=O)N2c4ccccc4C[C@H]2C=N3)cc(COc2cc3c(cc2OC)C(=O)N2c4ccccc4C[C@H]2C=C3)c1.COc1cc2c(cc1O)N=C[C@@H]1Cc3ccccc3N1C2=O. The summed E-state index contributed by atoms with van der Waals surface area (Å²) in [7, 11) is 7.15. The number of nitrogens with zero attached hydrogens (tertiary/aromatic N) is 6. The van der Waals surface area contributed by atoms with Crippen molar-refractivity contribution in [3.63, 3.8) is 0 Å². The lowest BCUT2D eigenvalue weighted by atomic mass is 9.99. The van der Waals surface area contributed by atoms with E-state index in [1.807, 2.05) is 155 Å². The van der Waals surface area contributed by atoms with E-state index in [1.165, 1.54) is 40.1 Å². The number of hydrogen-bond donors (Lipinski definition) is 5. The fourth-order valence-corrected chi connectivity index (χ4v) is 19.7. The third kappa shape index (κ3) is 23.5. The summed E-state index contributed by atoms with van der Waals surface area (Å²) in [6.45, 7) is 8.61. The summed E-state index contributed by atoms with van der Waals surface area (Å²) in [5.74, 6) is -1.73. The highest BCUT2D eigenvalue weighted by Crippen LogP contribution is 2.47. The van der Waals surface area contributed by atoms with Crippen molar-refractivity contribution >= 4 is 146 Å². The van der Waals surface area contributed by atoms with Gasteiger partial charge in [-0.25, -0.2) is 0 Å². The van der Waals surface area contributed by atoms with Gasteiger partial charge in [0.25, 0.3) is 23.6 Å². The van der Waals surface area contributed by atoms with Gasteiger partial charge in [-0.1, -0.05) is 105 Å². The number of Topliss-reactive ketones (excluding diaryl/α,β-unsaturated/α-hetero) is 2. The summed E-state index contributed by atoms with van der Waals surface area (Å²) in [5, 5.41) is 21.1. The second kappa shape index (κ2) is 46.3. The number of aliphatic imine (C=N–C) groups is 2. The minimum absolute atomic E-state index is 0.0198. The summed E-state index contributed by atoms with van der Waals surface area (Å²) in [4.78, 5) is 172. The number of aryl methyl sites for hydroxylation is 2. The molecule has 18 rings (SSSR count). The summed E-state index contributed by atoms with van der Waals surface area (Å²) in [6, 6.07) is 54.6. The molecule has 0 bridgehead atoms. The molecule has 5 N–H and O–H groups in total. The van der Waals surface area contributed by atoms with Gasteiger partial charge in [0, 0.05) is 139 Å². The van der Waals surface area contributed by atoms with Crippen molar-refractivity contribution in [1.82, 2.24) is 10.6 Å². The van der Waals surface area contributed by atoms with Gasteiger partial charge in [0.15, 0.2) is 46.1 Å². The molecule has 0 spiro atoms. The van der Waals surface area contributed by atoms with Crippen LogP contribution in [0.4, 0.5) is 45.5 Å². The molecular formula is C114H117ClN10O21. The van der Waals surface area contributed by atoms with Crippen molar-refractivity contribution < 1.29 is 101 Å². The van der Waals surface area contributed by atoms with E-state index in [2.05, 4.69) is 41.8 Å². The third-order valence-electron chi connectivity index (χ3n) is 27.4. The standard InChI is InChI=1S/C57H57N5O10.C40H46ClN3O8.C17H14N2O3/c1-33-20-45-46(58-30-43-26-40-13-7-9-15-48(40)62(43)57(45)68)29-50(33)71-31-36-22-37(24-41(23-36)60-55(66)34(2)21-49(63)35(3)59-53(64)16-10-11-17-54(65)70-5)32-72-52-27-38-18-19-42-25-39-12-6-8-14-47(39)61(42)56(67)44(38)28-51(52)69-4;1-24(15-34(45)25(2)42-37(46)11-7-8-12-38(47)51-4)39(48)43-30-17-26(22-41)16-27(18-30)23-52-36-20-28-13-14-31-19-29-9-5-6-10-33(29)44(31)40(49)32(28)21-35(36)50-3;1-22-16-7-12-13(8-15(16)20)18-9-11-6-10-4-2-3-5-14(10)19(11)17(12)21/h6-9,12-15,18-20,22-24,27-30,34-35,42-43H,10-11,16-17,21,25-26,31-32H2,1-5H3,(H,59,64)(H,60,66);5-6,9-10,16-18,20-21,24-25,31H,7-8,11-15,19,22-23H2,1-4H3,(H,42,46)(H,43,48);2-5,7-9,11,20H,6H2,1H3/t34-,35+,42-,43+;24-,25+,31-;11-/m110/s1. The molecule has 8 heterocycles. The number of phenols is 1. The first-order valence-corrected chi connectivity index (χ1v) is 49.5. The minimum Gasteiger partial charge on any atom is -0.504 e. The van der Waals surface area contributed by atoms with Crippen LogP contribution in [0.3, 0.4) is 0 Å². The quantitative estimate of drug-likeness (QED) is 0.0140. The Morgan fingerprint density at radius 3 is 1.32 bits per heavy atom. The van der Waals surface area contributed by atoms with Crippen LogP contribution >= 0.6 is 11.6 Å². The van der Waals surface area contributed by atoms with Crippen molar-refractivity contribution in [2.24, 2.45) is 21.8 Å². The van der Waals surface area contributed by atoms with Crippen LogP contribution in [0.2, 0.25) is 0 Å². The number of aromatic hydroxyl groups is 1. The number of anilines is 6. The Hall–Kier alpha value is -15.8. The van der Waals surface area contributed by atoms with E-state index in [1.54, 1.807) is 101 Å². The van der Waals surface area contributed by atoms with Gasteiger partial charge in [0.2, 0.25) is 23.6 Å². The molecule has 0 saturated heterocycles. The Kier molecular flexibility index (Phi) is 32.7. The second-order valence-corrected chi connectivity index (χ2v) is 37.9. The average Bonchev–Trinajstić information content (AvgIpc) is 1.63. The van der Waals surface area contributed by atoms with Crippen LogP contribution in [-0.4, -0.2) is 160 Å². The number of fused-ring (bicyclic) bond motifs is 16. The second-order valence-electron chi connectivity index (χ2n) is 37.6. The first-order valence-electron chi connectivity index (χ1n) is 49.0. The van der Waals surface area contributed by atoms with E-state index in [0.717, 1.165) is 87.4 Å². The number of benzene rings is 10. The number of esters is 2. The number of unbranched alkanes of at least 4 members (excludes halogenated alkanes) is 2. The Morgan fingerprint density at radius 1 is 0.425 bits per heavy atom. The van der Waals surface area contributed by atoms with E-state index in [-0.39, 0.29) is 165 Å². The van der Waals surface area contributed by atoms with Crippen LogP contribution in [0, 0.1) is 18.8 Å². The highest BCUT2D eigenvalue weighted by atomic mass is 35.5. The molecule has 31 nitrogen and oxygen atoms in total. The zero-order valence-electron chi connectivity index (χ0n) is 83.1. The van der Waals surface area contributed by atoms with Gasteiger partial charge in [-0.05, 0) is 224 Å². The number of nitrogens with one attached hydrogen (secondary N) is 4. The molecule has 0 aliphatic carbocycles. The lowest BCUT2D eigenvalue weighted by molar-refractivity contribution is -0.141. The van der Waals surface area contributed by atoms with Crippen LogP contribution in [0.5, 0.6) is 40.2 Å². The topological polar surface area (TPSA) is 385 Å². The lowest BCUT2D eigenvalue weighted by Gasteiger charge is -2.23. The Balaban J connectivity index is 0.000000178. The van der Waals surface area contributed by atoms with Gasteiger partial charge in [-0.3, -0.25) is 77.3 Å². The molecule has 0 aromatic heterocycles. The number of carbonyl (C=O) groups is 12. The summed E-state index contributed by atoms with van der Waals surface area (Å²) in [6.07, 6.45) is 14.7. The number of alkyl halides is 1. The number of phenolic OH excluding ortho intramolecular Hbond substituents is 1. The first kappa shape index (κ1) is 103. The Bertz CT molecular complexity index is 6870. The van der Waals surface area contributed by atoms with Gasteiger partial charge < -0.3 is 74.1 Å². The molecule has 8 amide bonds. The zero-order chi connectivity index (χ0) is 103. The highest BCUT2D eigenvalue weighted by molar-refractivity contribution is 6.18. The molecule has 756 valence electrons. The normalized spacial score (nSPS) is 16.6. The van der Waals surface area contributed by atoms with Gasteiger partial charge in [-0.2, -0.15) is 0 Å². The minimum atomic E-state index is -0.820. The Morgan fingerprint density at radius 2 is 0.829 bits per heavy atom. The van der Waals surface area contributed by atoms with E-state index in [9.17, 15) is 62.6 Å². The number of halogens is 1. The number of hydrogen-bond acceptors (Lipinski definition) is 23. The molecule has 8 atom stereocenters. The fraction of sp³-hybridized carbons (Fsp3) is 0.333. The van der Waals surface area contributed by atoms with E-state index in [0.29, 0.717) is 129 Å². The van der Waals surface area contributed by atoms with Gasteiger partial charge in [0.05, 0.1) is 93.8 Å². The largest absolute Gasteiger partial charge is 0.504 e. The number of ether oxygens (including phenoxy) is 8. The maximum Gasteiger partial charge on any atom is 0.305 e. The average molecular weight is 2000 g/mol. The fourth-order valence-electron chi connectivity index (χ4n) is 19.6. The molecule has 0 saturated carbocycles. The maximum absolute atomic E-state index is 14.1. The number of carbonyl (C=O) groups excluding carboxylic acids is 12. The first-order chi connectivity index (χ1) is 70.5. The zero-order valence-corrected chi connectivity index (χ0v) is 83.8. The number of amides is 8. The van der Waals surface area contributed by atoms with Crippen LogP contribution < -0.4 is 69.3 Å². The number of rotatable bonds is 35. The molecule has 0 radical (unpaired) electrons.